The average molecular weight is 233 g/mol. The van der Waals surface area contributed by atoms with Crippen LogP contribution in [0, 0.1) is 0 Å². The molecule has 0 heterocycles. The lowest BCUT2D eigenvalue weighted by Crippen LogP contribution is -2.01. The molecule has 0 aliphatic carbocycles. The summed E-state index contributed by atoms with van der Waals surface area (Å²) in [6, 6.07) is 5.53. The van der Waals surface area contributed by atoms with Crippen LogP contribution in [0.3, 0.4) is 0 Å². The molecule has 0 bridgehead atoms. The second-order valence-electron chi connectivity index (χ2n) is 2.91. The molecule has 4 heteroatoms. The number of benzene rings is 1. The topological polar surface area (TPSA) is 29.5 Å². The number of halogens is 1. The predicted octanol–water partition coefficient (Wildman–Crippen LogP) is 2.82. The molecule has 0 fully saturated rings. The van der Waals surface area contributed by atoms with E-state index in [4.69, 9.17) is 21.4 Å². The smallest absolute Gasteiger partial charge is 0.120 e. The fourth-order valence-corrected chi connectivity index (χ4v) is 2.09. The van der Waals surface area contributed by atoms with Gasteiger partial charge < -0.3 is 9.84 Å². The zero-order chi connectivity index (χ0) is 10.6. The summed E-state index contributed by atoms with van der Waals surface area (Å²) in [5, 5.41) is 9.71. The van der Waals surface area contributed by atoms with Gasteiger partial charge in [0.05, 0.1) is 18.7 Å². The summed E-state index contributed by atoms with van der Waals surface area (Å²) in [7, 11) is 1.61. The molecule has 0 saturated carbocycles. The summed E-state index contributed by atoms with van der Waals surface area (Å²) < 4.78 is 5.04. The van der Waals surface area contributed by atoms with Gasteiger partial charge in [0.2, 0.25) is 0 Å². The van der Waals surface area contributed by atoms with Crippen LogP contribution < -0.4 is 4.74 Å². The van der Waals surface area contributed by atoms with Crippen LogP contribution in [0.2, 0.25) is 5.02 Å². The Bertz CT molecular complexity index is 304. The number of aliphatic hydroxyl groups is 1. The lowest BCUT2D eigenvalue weighted by Gasteiger charge is -2.09. The highest BCUT2D eigenvalue weighted by Crippen LogP contribution is 2.32. The van der Waals surface area contributed by atoms with Crippen molar-refractivity contribution in [2.45, 2.75) is 17.1 Å². The first kappa shape index (κ1) is 11.7. The molecule has 14 heavy (non-hydrogen) atoms. The lowest BCUT2D eigenvalue weighted by atomic mass is 10.3. The van der Waals surface area contributed by atoms with Crippen LogP contribution in [-0.4, -0.2) is 24.1 Å². The van der Waals surface area contributed by atoms with Crippen LogP contribution >= 0.6 is 23.4 Å². The number of hydrogen-bond donors (Lipinski definition) is 1. The van der Waals surface area contributed by atoms with Crippen LogP contribution in [0.1, 0.15) is 6.92 Å². The van der Waals surface area contributed by atoms with Crippen molar-refractivity contribution in [3.05, 3.63) is 23.2 Å². The molecule has 2 nitrogen and oxygen atoms in total. The van der Waals surface area contributed by atoms with Gasteiger partial charge in [0.1, 0.15) is 5.75 Å². The number of aliphatic hydroxyl groups excluding tert-OH is 1. The molecule has 1 rings (SSSR count). The van der Waals surface area contributed by atoms with Crippen LogP contribution in [0.5, 0.6) is 5.75 Å². The van der Waals surface area contributed by atoms with Crippen molar-refractivity contribution in [3.8, 4) is 5.75 Å². The number of thioether (sulfide) groups is 1. The van der Waals surface area contributed by atoms with Gasteiger partial charge in [-0.2, -0.15) is 0 Å². The van der Waals surface area contributed by atoms with Gasteiger partial charge in [-0.25, -0.2) is 0 Å². The summed E-state index contributed by atoms with van der Waals surface area (Å²) in [6.45, 7) is 2.10. The molecule has 0 amide bonds. The van der Waals surface area contributed by atoms with E-state index in [0.29, 0.717) is 5.02 Å². The highest BCUT2D eigenvalue weighted by molar-refractivity contribution is 8.00. The Morgan fingerprint density at radius 2 is 2.29 bits per heavy atom. The highest BCUT2D eigenvalue weighted by atomic mass is 35.5. The van der Waals surface area contributed by atoms with Gasteiger partial charge in [-0.05, 0) is 18.2 Å². The Morgan fingerprint density at radius 1 is 1.57 bits per heavy atom. The SMILES string of the molecule is COc1ccc(SC(C)CO)c(Cl)c1. The number of methoxy groups -OCH3 is 1. The van der Waals surface area contributed by atoms with E-state index in [0.717, 1.165) is 10.6 Å². The monoisotopic (exact) mass is 232 g/mol. The third-order valence-electron chi connectivity index (χ3n) is 1.72. The maximum absolute atomic E-state index is 8.90. The Kier molecular flexibility index (Phi) is 4.58. The summed E-state index contributed by atoms with van der Waals surface area (Å²) in [4.78, 5) is 0.967. The zero-order valence-corrected chi connectivity index (χ0v) is 9.73. The number of ether oxygens (including phenoxy) is 1. The van der Waals surface area contributed by atoms with E-state index < -0.39 is 0 Å². The Hall–Kier alpha value is -0.380. The number of rotatable bonds is 4. The molecule has 1 unspecified atom stereocenters. The summed E-state index contributed by atoms with van der Waals surface area (Å²) in [5.74, 6) is 0.746. The second kappa shape index (κ2) is 5.49. The van der Waals surface area contributed by atoms with Crippen LogP contribution in [0.25, 0.3) is 0 Å². The van der Waals surface area contributed by atoms with E-state index in [1.807, 2.05) is 19.1 Å². The quantitative estimate of drug-likeness (QED) is 0.810. The molecule has 0 aromatic heterocycles. The van der Waals surface area contributed by atoms with Gasteiger partial charge in [-0.3, -0.25) is 0 Å². The molecule has 78 valence electrons. The molecular formula is C10H13ClO2S. The third kappa shape index (κ3) is 3.08. The maximum Gasteiger partial charge on any atom is 0.120 e. The fourth-order valence-electron chi connectivity index (χ4n) is 0.958. The lowest BCUT2D eigenvalue weighted by molar-refractivity contribution is 0.300. The first-order valence-corrected chi connectivity index (χ1v) is 5.54. The fraction of sp³-hybridized carbons (Fsp3) is 0.400. The molecule has 0 saturated heterocycles. The van der Waals surface area contributed by atoms with Gasteiger partial charge in [-0.1, -0.05) is 18.5 Å². The molecule has 0 spiro atoms. The van der Waals surface area contributed by atoms with Crippen LogP contribution in [-0.2, 0) is 0 Å². The minimum atomic E-state index is 0.146. The average Bonchev–Trinajstić information content (AvgIpc) is 2.20. The number of hydrogen-bond acceptors (Lipinski definition) is 3. The van der Waals surface area contributed by atoms with Gasteiger partial charge in [0.25, 0.3) is 0 Å². The molecule has 0 aliphatic heterocycles. The molecule has 0 aliphatic rings. The minimum Gasteiger partial charge on any atom is -0.497 e. The van der Waals surface area contributed by atoms with Crippen molar-refractivity contribution in [2.24, 2.45) is 0 Å². The van der Waals surface area contributed by atoms with Crippen molar-refractivity contribution in [1.29, 1.82) is 0 Å². The first-order valence-electron chi connectivity index (χ1n) is 4.28. The van der Waals surface area contributed by atoms with Gasteiger partial charge in [0.15, 0.2) is 0 Å². The first-order chi connectivity index (χ1) is 6.67. The summed E-state index contributed by atoms with van der Waals surface area (Å²) >= 11 is 7.58. The second-order valence-corrected chi connectivity index (χ2v) is 4.79. The van der Waals surface area contributed by atoms with E-state index in [2.05, 4.69) is 0 Å². The summed E-state index contributed by atoms with van der Waals surface area (Å²) in [6.07, 6.45) is 0. The van der Waals surface area contributed by atoms with Crippen LogP contribution in [0.15, 0.2) is 23.1 Å². The Labute approximate surface area is 93.2 Å². The van der Waals surface area contributed by atoms with Crippen molar-refractivity contribution in [1.82, 2.24) is 0 Å². The summed E-state index contributed by atoms with van der Waals surface area (Å²) in [5.41, 5.74) is 0. The van der Waals surface area contributed by atoms with Crippen molar-refractivity contribution < 1.29 is 9.84 Å². The maximum atomic E-state index is 8.90. The van der Waals surface area contributed by atoms with E-state index in [1.165, 1.54) is 0 Å². The normalized spacial score (nSPS) is 12.6. The van der Waals surface area contributed by atoms with Gasteiger partial charge >= 0.3 is 0 Å². The van der Waals surface area contributed by atoms with Crippen molar-refractivity contribution in [3.63, 3.8) is 0 Å². The third-order valence-corrected chi connectivity index (χ3v) is 3.31. The largest absolute Gasteiger partial charge is 0.497 e. The molecule has 1 atom stereocenters. The molecule has 1 aromatic rings. The molecule has 0 radical (unpaired) electrons. The molecule has 1 N–H and O–H groups in total. The van der Waals surface area contributed by atoms with Gasteiger partial charge in [0, 0.05) is 10.1 Å². The Morgan fingerprint density at radius 3 is 2.79 bits per heavy atom. The van der Waals surface area contributed by atoms with E-state index in [9.17, 15) is 0 Å². The van der Waals surface area contributed by atoms with Crippen LogP contribution in [0.4, 0.5) is 0 Å². The Balaban J connectivity index is 2.78. The minimum absolute atomic E-state index is 0.146. The highest BCUT2D eigenvalue weighted by Gasteiger charge is 2.07. The van der Waals surface area contributed by atoms with Crippen molar-refractivity contribution >= 4 is 23.4 Å². The molecule has 1 aromatic carbocycles. The van der Waals surface area contributed by atoms with E-state index in [1.54, 1.807) is 24.9 Å². The zero-order valence-electron chi connectivity index (χ0n) is 8.16. The van der Waals surface area contributed by atoms with Gasteiger partial charge in [-0.15, -0.1) is 11.8 Å². The molecular weight excluding hydrogens is 220 g/mol. The standard InChI is InChI=1S/C10H13ClO2S/c1-7(6-12)14-10-4-3-8(13-2)5-9(10)11/h3-5,7,12H,6H2,1-2H3. The van der Waals surface area contributed by atoms with Crippen molar-refractivity contribution in [2.75, 3.05) is 13.7 Å². The predicted molar refractivity (Wildman–Crippen MR) is 60.4 cm³/mol. The van der Waals surface area contributed by atoms with E-state index in [-0.39, 0.29) is 11.9 Å². The van der Waals surface area contributed by atoms with E-state index >= 15 is 0 Å².